The summed E-state index contributed by atoms with van der Waals surface area (Å²) in [7, 11) is 0. The number of hydrogen-bond donors (Lipinski definition) is 1. The van der Waals surface area contributed by atoms with Gasteiger partial charge in [-0.2, -0.15) is 0 Å². The third-order valence-electron chi connectivity index (χ3n) is 2.48. The van der Waals surface area contributed by atoms with Gasteiger partial charge in [-0.25, -0.2) is 9.37 Å². The highest BCUT2D eigenvalue weighted by Crippen LogP contribution is 2.26. The first-order chi connectivity index (χ1) is 7.99. The molecule has 5 heteroatoms. The van der Waals surface area contributed by atoms with Crippen molar-refractivity contribution in [2.75, 3.05) is 0 Å². The van der Waals surface area contributed by atoms with E-state index in [1.165, 1.54) is 6.07 Å². The highest BCUT2D eigenvalue weighted by atomic mass is 35.5. The normalized spacial score (nSPS) is 10.6. The molecule has 0 unspecified atom stereocenters. The quantitative estimate of drug-likeness (QED) is 0.785. The summed E-state index contributed by atoms with van der Waals surface area (Å²) in [6, 6.07) is 4.57. The van der Waals surface area contributed by atoms with E-state index in [2.05, 4.69) is 9.97 Å². The summed E-state index contributed by atoms with van der Waals surface area (Å²) in [6.45, 7) is 3.70. The number of rotatable bonds is 1. The molecular weight excluding hydrogens is 259 g/mol. The standard InChI is InChI=1S/C12H10ClFN2S/c1-6-11(15-7(2)16-12(6)17)8-3-4-10(14)9(13)5-8/h3-5H,1-2H3,(H,15,16,17). The summed E-state index contributed by atoms with van der Waals surface area (Å²) in [6.07, 6.45) is 0. The van der Waals surface area contributed by atoms with Crippen LogP contribution in [0.3, 0.4) is 0 Å². The van der Waals surface area contributed by atoms with E-state index >= 15 is 0 Å². The number of H-pyrrole nitrogens is 1. The molecule has 1 N–H and O–H groups in total. The third kappa shape index (κ3) is 2.37. The Morgan fingerprint density at radius 3 is 2.71 bits per heavy atom. The Balaban J connectivity index is 2.68. The Kier molecular flexibility index (Phi) is 3.26. The second-order valence-corrected chi connectivity index (χ2v) is 4.55. The second kappa shape index (κ2) is 4.55. The van der Waals surface area contributed by atoms with Crippen molar-refractivity contribution in [1.82, 2.24) is 9.97 Å². The molecule has 0 fully saturated rings. The van der Waals surface area contributed by atoms with Crippen LogP contribution in [-0.2, 0) is 0 Å². The number of hydrogen-bond acceptors (Lipinski definition) is 2. The van der Waals surface area contributed by atoms with Crippen LogP contribution < -0.4 is 0 Å². The molecule has 0 atom stereocenters. The smallest absolute Gasteiger partial charge is 0.141 e. The molecule has 0 bridgehead atoms. The average Bonchev–Trinajstić information content (AvgIpc) is 2.27. The number of nitrogens with zero attached hydrogens (tertiary/aromatic N) is 1. The molecule has 0 aliphatic rings. The molecule has 88 valence electrons. The van der Waals surface area contributed by atoms with E-state index < -0.39 is 5.82 Å². The van der Waals surface area contributed by atoms with Gasteiger partial charge in [0, 0.05) is 11.1 Å². The summed E-state index contributed by atoms with van der Waals surface area (Å²) < 4.78 is 13.6. The van der Waals surface area contributed by atoms with Crippen LogP contribution in [0.25, 0.3) is 11.3 Å². The number of aryl methyl sites for hydroxylation is 1. The zero-order valence-electron chi connectivity index (χ0n) is 9.34. The van der Waals surface area contributed by atoms with E-state index in [0.29, 0.717) is 4.64 Å². The fraction of sp³-hybridized carbons (Fsp3) is 0.167. The number of aromatic nitrogens is 2. The van der Waals surface area contributed by atoms with Gasteiger partial charge in [0.25, 0.3) is 0 Å². The molecule has 0 amide bonds. The zero-order chi connectivity index (χ0) is 12.6. The maximum atomic E-state index is 13.1. The van der Waals surface area contributed by atoms with Gasteiger partial charge in [-0.15, -0.1) is 0 Å². The van der Waals surface area contributed by atoms with Gasteiger partial charge >= 0.3 is 0 Å². The van der Waals surface area contributed by atoms with Crippen molar-refractivity contribution in [1.29, 1.82) is 0 Å². The van der Waals surface area contributed by atoms with Gasteiger partial charge in [-0.1, -0.05) is 23.8 Å². The predicted octanol–water partition coefficient (Wildman–Crippen LogP) is 4.22. The molecule has 0 spiro atoms. The Labute approximate surface area is 108 Å². The fourth-order valence-electron chi connectivity index (χ4n) is 1.59. The van der Waals surface area contributed by atoms with E-state index in [1.807, 2.05) is 13.8 Å². The number of halogens is 2. The molecule has 0 saturated heterocycles. The van der Waals surface area contributed by atoms with Crippen molar-refractivity contribution in [3.8, 4) is 11.3 Å². The lowest BCUT2D eigenvalue weighted by Crippen LogP contribution is -1.96. The minimum Gasteiger partial charge on any atom is -0.343 e. The molecule has 0 saturated carbocycles. The highest BCUT2D eigenvalue weighted by molar-refractivity contribution is 7.71. The van der Waals surface area contributed by atoms with E-state index in [9.17, 15) is 4.39 Å². The van der Waals surface area contributed by atoms with Gasteiger partial charge in [-0.3, -0.25) is 0 Å². The Hall–Kier alpha value is -1.26. The largest absolute Gasteiger partial charge is 0.343 e. The number of nitrogens with one attached hydrogen (secondary N) is 1. The summed E-state index contributed by atoms with van der Waals surface area (Å²) in [5.74, 6) is 0.286. The zero-order valence-corrected chi connectivity index (χ0v) is 10.9. The first-order valence-corrected chi connectivity index (χ1v) is 5.80. The van der Waals surface area contributed by atoms with Crippen LogP contribution in [0.5, 0.6) is 0 Å². The monoisotopic (exact) mass is 268 g/mol. The minimum absolute atomic E-state index is 0.0932. The van der Waals surface area contributed by atoms with Crippen LogP contribution in [-0.4, -0.2) is 9.97 Å². The van der Waals surface area contributed by atoms with Crippen LogP contribution in [0.1, 0.15) is 11.4 Å². The Bertz CT molecular complexity index is 637. The second-order valence-electron chi connectivity index (χ2n) is 3.76. The lowest BCUT2D eigenvalue weighted by molar-refractivity contribution is 0.628. The molecule has 2 nitrogen and oxygen atoms in total. The van der Waals surface area contributed by atoms with Crippen molar-refractivity contribution in [2.24, 2.45) is 0 Å². The van der Waals surface area contributed by atoms with Gasteiger partial charge < -0.3 is 4.98 Å². The maximum Gasteiger partial charge on any atom is 0.141 e. The SMILES string of the molecule is Cc1nc(=S)c(C)c(-c2ccc(F)c(Cl)c2)[nH]1. The minimum atomic E-state index is -0.433. The molecule has 0 radical (unpaired) electrons. The highest BCUT2D eigenvalue weighted by Gasteiger charge is 2.08. The van der Waals surface area contributed by atoms with E-state index in [1.54, 1.807) is 12.1 Å². The van der Waals surface area contributed by atoms with Gasteiger partial charge in [-0.05, 0) is 32.0 Å². The van der Waals surface area contributed by atoms with Gasteiger partial charge in [0.05, 0.1) is 10.7 Å². The molecular formula is C12H10ClFN2S. The summed E-state index contributed by atoms with van der Waals surface area (Å²) in [5.41, 5.74) is 2.48. The maximum absolute atomic E-state index is 13.1. The summed E-state index contributed by atoms with van der Waals surface area (Å²) in [5, 5.41) is 0.0932. The Morgan fingerprint density at radius 2 is 2.06 bits per heavy atom. The molecule has 2 aromatic rings. The average molecular weight is 269 g/mol. The van der Waals surface area contributed by atoms with Crippen LogP contribution in [0.2, 0.25) is 5.02 Å². The summed E-state index contributed by atoms with van der Waals surface area (Å²) >= 11 is 10.9. The van der Waals surface area contributed by atoms with Crippen LogP contribution in [0.15, 0.2) is 18.2 Å². The molecule has 1 heterocycles. The van der Waals surface area contributed by atoms with Crippen LogP contribution in [0, 0.1) is 24.3 Å². The van der Waals surface area contributed by atoms with E-state index in [0.717, 1.165) is 22.6 Å². The van der Waals surface area contributed by atoms with Crippen molar-refractivity contribution < 1.29 is 4.39 Å². The van der Waals surface area contributed by atoms with Gasteiger partial charge in [0.1, 0.15) is 16.3 Å². The van der Waals surface area contributed by atoms with Crippen molar-refractivity contribution in [3.05, 3.63) is 45.1 Å². The van der Waals surface area contributed by atoms with Crippen LogP contribution >= 0.6 is 23.8 Å². The fourth-order valence-corrected chi connectivity index (χ4v) is 2.01. The van der Waals surface area contributed by atoms with Crippen molar-refractivity contribution in [3.63, 3.8) is 0 Å². The Morgan fingerprint density at radius 1 is 1.35 bits per heavy atom. The predicted molar refractivity (Wildman–Crippen MR) is 69.3 cm³/mol. The molecule has 1 aromatic heterocycles. The molecule has 0 aliphatic carbocycles. The molecule has 2 rings (SSSR count). The van der Waals surface area contributed by atoms with Crippen molar-refractivity contribution >= 4 is 23.8 Å². The van der Waals surface area contributed by atoms with Crippen LogP contribution in [0.4, 0.5) is 4.39 Å². The summed E-state index contributed by atoms with van der Waals surface area (Å²) in [4.78, 5) is 7.27. The first kappa shape index (κ1) is 12.2. The van der Waals surface area contributed by atoms with Crippen molar-refractivity contribution in [2.45, 2.75) is 13.8 Å². The first-order valence-electron chi connectivity index (χ1n) is 5.02. The third-order valence-corrected chi connectivity index (χ3v) is 3.17. The van der Waals surface area contributed by atoms with E-state index in [4.69, 9.17) is 23.8 Å². The topological polar surface area (TPSA) is 28.7 Å². The molecule has 17 heavy (non-hydrogen) atoms. The van der Waals surface area contributed by atoms with Gasteiger partial charge in [0.15, 0.2) is 0 Å². The lowest BCUT2D eigenvalue weighted by atomic mass is 10.1. The molecule has 0 aliphatic heterocycles. The van der Waals surface area contributed by atoms with Gasteiger partial charge in [0.2, 0.25) is 0 Å². The number of benzene rings is 1. The lowest BCUT2D eigenvalue weighted by Gasteiger charge is -2.08. The number of aromatic amines is 1. The van der Waals surface area contributed by atoms with E-state index in [-0.39, 0.29) is 5.02 Å². The molecule has 1 aromatic carbocycles.